The van der Waals surface area contributed by atoms with Gasteiger partial charge in [0.1, 0.15) is 30.7 Å². The summed E-state index contributed by atoms with van der Waals surface area (Å²) >= 11 is 0. The molecule has 1 aliphatic heterocycles. The van der Waals surface area contributed by atoms with Crippen LogP contribution in [0.4, 0.5) is 0 Å². The molecule has 17 nitrogen and oxygen atoms in total. The number of carbonyl (C=O) groups excluding carboxylic acids is 7. The Bertz CT molecular complexity index is 1040. The summed E-state index contributed by atoms with van der Waals surface area (Å²) in [6.45, 7) is 3.66. The van der Waals surface area contributed by atoms with Gasteiger partial charge in [-0.15, -0.1) is 0 Å². The van der Waals surface area contributed by atoms with E-state index in [-0.39, 0.29) is 25.3 Å². The molecule has 5 atom stereocenters. The van der Waals surface area contributed by atoms with Crippen LogP contribution in [0.15, 0.2) is 0 Å². The molecule has 0 aliphatic carbocycles. The van der Waals surface area contributed by atoms with Gasteiger partial charge in [-0.05, 0) is 32.1 Å². The van der Waals surface area contributed by atoms with Crippen LogP contribution >= 0.6 is 0 Å². The molecule has 236 valence electrons. The van der Waals surface area contributed by atoms with Crippen LogP contribution in [-0.4, -0.2) is 108 Å². The third-order valence-corrected chi connectivity index (χ3v) is 6.76. The van der Waals surface area contributed by atoms with Gasteiger partial charge in [0.25, 0.3) is 0 Å². The lowest BCUT2D eigenvalue weighted by atomic mass is 9.98. The minimum atomic E-state index is -1.26. The van der Waals surface area contributed by atoms with Crippen molar-refractivity contribution < 1.29 is 43.5 Å². The SMILES string of the molecule is CC[C@H](C)[C@H](NC(=O)CNC(=O)[C@H](CCC(N)=O)NC(=O)[C@@H]1CCCN1C(=O)CN)C(=O)N[C@@H](C)C(=O)NCC(=O)O. The topological polar surface area (TPSA) is 272 Å². The van der Waals surface area contributed by atoms with E-state index in [1.54, 1.807) is 13.8 Å². The van der Waals surface area contributed by atoms with Gasteiger partial charge in [0.15, 0.2) is 0 Å². The zero-order valence-corrected chi connectivity index (χ0v) is 24.1. The number of carbonyl (C=O) groups is 8. The van der Waals surface area contributed by atoms with E-state index in [9.17, 15) is 38.4 Å². The van der Waals surface area contributed by atoms with Gasteiger partial charge in [-0.2, -0.15) is 0 Å². The first-order valence-corrected chi connectivity index (χ1v) is 13.7. The van der Waals surface area contributed by atoms with E-state index >= 15 is 0 Å². The predicted octanol–water partition coefficient (Wildman–Crippen LogP) is -3.96. The second-order valence-corrected chi connectivity index (χ2v) is 10.0. The number of primary amides is 1. The van der Waals surface area contributed by atoms with Crippen molar-refractivity contribution in [2.75, 3.05) is 26.2 Å². The first-order chi connectivity index (χ1) is 19.7. The van der Waals surface area contributed by atoms with E-state index in [0.717, 1.165) is 0 Å². The van der Waals surface area contributed by atoms with E-state index < -0.39 is 84.6 Å². The maximum atomic E-state index is 12.9. The van der Waals surface area contributed by atoms with Gasteiger partial charge < -0.3 is 48.1 Å². The summed E-state index contributed by atoms with van der Waals surface area (Å²) < 4.78 is 0. The van der Waals surface area contributed by atoms with Crippen LogP contribution in [0.25, 0.3) is 0 Å². The van der Waals surface area contributed by atoms with Gasteiger partial charge in [0.2, 0.25) is 41.4 Å². The molecule has 1 rings (SSSR count). The van der Waals surface area contributed by atoms with Crippen molar-refractivity contribution in [2.24, 2.45) is 17.4 Å². The fourth-order valence-electron chi connectivity index (χ4n) is 4.18. The Morgan fingerprint density at radius 3 is 2.14 bits per heavy atom. The van der Waals surface area contributed by atoms with Gasteiger partial charge >= 0.3 is 5.97 Å². The molecular weight excluding hydrogens is 556 g/mol. The summed E-state index contributed by atoms with van der Waals surface area (Å²) in [6, 6.07) is -4.26. The number of hydrogen-bond acceptors (Lipinski definition) is 9. The summed E-state index contributed by atoms with van der Waals surface area (Å²) in [5.74, 6) is -6.35. The Kier molecular flexibility index (Phi) is 14.9. The molecule has 1 heterocycles. The molecule has 10 N–H and O–H groups in total. The summed E-state index contributed by atoms with van der Waals surface area (Å²) in [4.78, 5) is 98.7. The second-order valence-electron chi connectivity index (χ2n) is 10.0. The largest absolute Gasteiger partial charge is 0.480 e. The summed E-state index contributed by atoms with van der Waals surface area (Å²) in [5.41, 5.74) is 10.6. The molecular formula is C25H42N8O9. The van der Waals surface area contributed by atoms with Crippen molar-refractivity contribution in [1.82, 2.24) is 31.5 Å². The minimum Gasteiger partial charge on any atom is -0.480 e. The van der Waals surface area contributed by atoms with E-state index in [1.807, 2.05) is 0 Å². The summed E-state index contributed by atoms with van der Waals surface area (Å²) in [7, 11) is 0. The zero-order valence-electron chi connectivity index (χ0n) is 24.1. The number of aliphatic carboxylic acids is 1. The molecule has 0 aromatic carbocycles. The highest BCUT2D eigenvalue weighted by Crippen LogP contribution is 2.18. The Morgan fingerprint density at radius 2 is 1.57 bits per heavy atom. The van der Waals surface area contributed by atoms with E-state index in [1.165, 1.54) is 11.8 Å². The molecule has 0 saturated carbocycles. The van der Waals surface area contributed by atoms with Crippen molar-refractivity contribution >= 4 is 47.3 Å². The number of rotatable bonds is 17. The normalized spacial score (nSPS) is 17.1. The maximum absolute atomic E-state index is 12.9. The predicted molar refractivity (Wildman–Crippen MR) is 147 cm³/mol. The number of hydrogen-bond donors (Lipinski definition) is 8. The Hall–Kier alpha value is -4.28. The molecule has 0 aromatic rings. The molecule has 17 heteroatoms. The minimum absolute atomic E-state index is 0.161. The third-order valence-electron chi connectivity index (χ3n) is 6.76. The Morgan fingerprint density at radius 1 is 0.929 bits per heavy atom. The number of carboxylic acid groups (broad SMARTS) is 1. The number of carboxylic acids is 1. The average molecular weight is 599 g/mol. The fraction of sp³-hybridized carbons (Fsp3) is 0.680. The Labute approximate surface area is 243 Å². The third kappa shape index (κ3) is 11.7. The van der Waals surface area contributed by atoms with Gasteiger partial charge in [-0.25, -0.2) is 0 Å². The fourth-order valence-corrected chi connectivity index (χ4v) is 4.18. The van der Waals surface area contributed by atoms with Crippen molar-refractivity contribution in [2.45, 2.75) is 77.0 Å². The molecule has 1 fully saturated rings. The van der Waals surface area contributed by atoms with Crippen LogP contribution in [0.5, 0.6) is 0 Å². The molecule has 0 radical (unpaired) electrons. The van der Waals surface area contributed by atoms with Gasteiger partial charge in [0.05, 0.1) is 13.1 Å². The standard InChI is InChI=1S/C25H42N8O9/c1-4-13(2)21(25(42)30-14(3)22(39)29-12-20(37)38)32-18(35)11-28-23(40)15(7-8-17(27)34)31-24(41)16-6-5-9-33(16)19(36)10-26/h13-16,21H,4-12,26H2,1-3H3,(H2,27,34)(H,28,40)(H,29,39)(H,30,42)(H,31,41)(H,32,35)(H,37,38)/t13-,14-,15-,16-,21-/m0/s1. The van der Waals surface area contributed by atoms with E-state index in [2.05, 4.69) is 26.6 Å². The molecule has 0 aromatic heterocycles. The quantitative estimate of drug-likeness (QED) is 0.0804. The number of nitrogens with one attached hydrogen (secondary N) is 5. The number of nitrogens with zero attached hydrogens (tertiary/aromatic N) is 1. The first-order valence-electron chi connectivity index (χ1n) is 13.7. The lowest BCUT2D eigenvalue weighted by Gasteiger charge is -2.26. The van der Waals surface area contributed by atoms with E-state index in [4.69, 9.17) is 16.6 Å². The van der Waals surface area contributed by atoms with Crippen LogP contribution in [0, 0.1) is 5.92 Å². The van der Waals surface area contributed by atoms with Crippen LogP contribution in [-0.2, 0) is 38.4 Å². The van der Waals surface area contributed by atoms with Crippen molar-refractivity contribution in [1.29, 1.82) is 0 Å². The second kappa shape index (κ2) is 17.5. The lowest BCUT2D eigenvalue weighted by molar-refractivity contribution is -0.138. The smallest absolute Gasteiger partial charge is 0.322 e. The molecule has 0 bridgehead atoms. The van der Waals surface area contributed by atoms with Crippen LogP contribution in [0.2, 0.25) is 0 Å². The van der Waals surface area contributed by atoms with Crippen LogP contribution in [0.3, 0.4) is 0 Å². The first kappa shape index (κ1) is 35.7. The molecule has 0 spiro atoms. The van der Waals surface area contributed by atoms with Crippen LogP contribution in [0.1, 0.15) is 52.9 Å². The average Bonchev–Trinajstić information content (AvgIpc) is 3.44. The lowest BCUT2D eigenvalue weighted by Crippen LogP contribution is -2.57. The molecule has 1 aliphatic rings. The monoisotopic (exact) mass is 598 g/mol. The Balaban J connectivity index is 2.83. The van der Waals surface area contributed by atoms with Crippen molar-refractivity contribution in [3.63, 3.8) is 0 Å². The number of likely N-dealkylation sites (tertiary alicyclic amines) is 1. The number of nitrogens with two attached hydrogens (primary N) is 2. The van der Waals surface area contributed by atoms with Gasteiger partial charge in [-0.1, -0.05) is 20.3 Å². The highest BCUT2D eigenvalue weighted by atomic mass is 16.4. The zero-order chi connectivity index (χ0) is 32.0. The van der Waals surface area contributed by atoms with Crippen LogP contribution < -0.4 is 38.1 Å². The van der Waals surface area contributed by atoms with E-state index in [0.29, 0.717) is 25.8 Å². The van der Waals surface area contributed by atoms with Gasteiger partial charge in [0, 0.05) is 13.0 Å². The molecule has 42 heavy (non-hydrogen) atoms. The summed E-state index contributed by atoms with van der Waals surface area (Å²) in [5, 5.41) is 20.6. The highest BCUT2D eigenvalue weighted by molar-refractivity contribution is 5.96. The van der Waals surface area contributed by atoms with Crippen molar-refractivity contribution in [3.05, 3.63) is 0 Å². The highest BCUT2D eigenvalue weighted by Gasteiger charge is 2.35. The maximum Gasteiger partial charge on any atom is 0.322 e. The van der Waals surface area contributed by atoms with Gasteiger partial charge in [-0.3, -0.25) is 38.4 Å². The molecule has 0 unspecified atom stereocenters. The van der Waals surface area contributed by atoms with Crippen molar-refractivity contribution in [3.8, 4) is 0 Å². The molecule has 1 saturated heterocycles. The molecule has 7 amide bonds. The number of amides is 7. The summed E-state index contributed by atoms with van der Waals surface area (Å²) in [6.07, 6.45) is 0.999.